The maximum absolute atomic E-state index is 10.2. The Bertz CT molecular complexity index is 225. The molecule has 5 nitrogen and oxygen atoms in total. The second-order valence-corrected chi connectivity index (χ2v) is 3.34. The first-order valence-electron chi connectivity index (χ1n) is 4.53. The van der Waals surface area contributed by atoms with Gasteiger partial charge in [-0.1, -0.05) is 0 Å². The van der Waals surface area contributed by atoms with E-state index in [4.69, 9.17) is 15.5 Å². The summed E-state index contributed by atoms with van der Waals surface area (Å²) in [5, 5.41) is 28.7. The van der Waals surface area contributed by atoms with Gasteiger partial charge in [0.05, 0.1) is 12.7 Å². The Morgan fingerprint density at radius 1 is 1.64 bits per heavy atom. The SMILES string of the molecule is CC(C#N)(CCCC(=O)O)NCCO. The van der Waals surface area contributed by atoms with Crippen LogP contribution < -0.4 is 5.32 Å². The van der Waals surface area contributed by atoms with E-state index in [2.05, 4.69) is 11.4 Å². The van der Waals surface area contributed by atoms with Crippen LogP contribution in [0, 0.1) is 11.3 Å². The van der Waals surface area contributed by atoms with E-state index in [1.165, 1.54) is 0 Å². The van der Waals surface area contributed by atoms with Crippen LogP contribution in [-0.2, 0) is 4.79 Å². The Labute approximate surface area is 83.4 Å². The van der Waals surface area contributed by atoms with Crippen molar-refractivity contribution < 1.29 is 15.0 Å². The molecule has 3 N–H and O–H groups in total. The number of carboxylic acids is 1. The number of carboxylic acid groups (broad SMARTS) is 1. The van der Waals surface area contributed by atoms with Crippen molar-refractivity contribution in [2.75, 3.05) is 13.2 Å². The molecule has 0 aromatic heterocycles. The van der Waals surface area contributed by atoms with Crippen molar-refractivity contribution in [2.45, 2.75) is 31.7 Å². The zero-order chi connectivity index (χ0) is 11.0. The third-order valence-corrected chi connectivity index (χ3v) is 1.94. The van der Waals surface area contributed by atoms with Crippen LogP contribution in [0.5, 0.6) is 0 Å². The number of aliphatic carboxylic acids is 1. The van der Waals surface area contributed by atoms with Crippen molar-refractivity contribution in [2.24, 2.45) is 0 Å². The number of nitrogens with zero attached hydrogens (tertiary/aromatic N) is 1. The lowest BCUT2D eigenvalue weighted by molar-refractivity contribution is -0.137. The summed E-state index contributed by atoms with van der Waals surface area (Å²) in [6.07, 6.45) is 0.992. The summed E-state index contributed by atoms with van der Waals surface area (Å²) in [6, 6.07) is 2.07. The zero-order valence-corrected chi connectivity index (χ0v) is 8.29. The highest BCUT2D eigenvalue weighted by atomic mass is 16.4. The van der Waals surface area contributed by atoms with Gasteiger partial charge in [-0.15, -0.1) is 0 Å². The molecule has 0 aromatic rings. The Balaban J connectivity index is 3.88. The smallest absolute Gasteiger partial charge is 0.303 e. The van der Waals surface area contributed by atoms with Crippen molar-refractivity contribution in [1.82, 2.24) is 5.32 Å². The van der Waals surface area contributed by atoms with Gasteiger partial charge in [-0.3, -0.25) is 10.1 Å². The van der Waals surface area contributed by atoms with E-state index in [1.807, 2.05) is 0 Å². The van der Waals surface area contributed by atoms with Crippen LogP contribution in [0.1, 0.15) is 26.2 Å². The van der Waals surface area contributed by atoms with E-state index in [0.29, 0.717) is 19.4 Å². The number of hydrogen-bond donors (Lipinski definition) is 3. The minimum absolute atomic E-state index is 0.0315. The minimum Gasteiger partial charge on any atom is -0.481 e. The van der Waals surface area contributed by atoms with Gasteiger partial charge in [0.1, 0.15) is 5.54 Å². The highest BCUT2D eigenvalue weighted by Gasteiger charge is 2.22. The normalized spacial score (nSPS) is 14.4. The molecule has 0 saturated heterocycles. The number of β-amino-alcohol motifs (C(OH)–C–C–N with tert-alkyl or cyclic N) is 1. The zero-order valence-electron chi connectivity index (χ0n) is 8.29. The summed E-state index contributed by atoms with van der Waals surface area (Å²) in [4.78, 5) is 10.2. The van der Waals surface area contributed by atoms with E-state index < -0.39 is 11.5 Å². The van der Waals surface area contributed by atoms with Crippen LogP contribution in [0.25, 0.3) is 0 Å². The fraction of sp³-hybridized carbons (Fsp3) is 0.778. The van der Waals surface area contributed by atoms with Gasteiger partial charge in [-0.05, 0) is 19.8 Å². The maximum Gasteiger partial charge on any atom is 0.303 e. The van der Waals surface area contributed by atoms with E-state index in [-0.39, 0.29) is 13.0 Å². The predicted molar refractivity (Wildman–Crippen MR) is 50.6 cm³/mol. The number of carbonyl (C=O) groups is 1. The standard InChI is InChI=1S/C9H16N2O3/c1-9(7-10,11-5-6-12)4-2-3-8(13)14/h11-12H,2-6H2,1H3,(H,13,14). The molecule has 0 aliphatic heterocycles. The lowest BCUT2D eigenvalue weighted by atomic mass is 9.96. The van der Waals surface area contributed by atoms with Gasteiger partial charge in [-0.2, -0.15) is 5.26 Å². The molecule has 0 rings (SSSR count). The molecule has 1 unspecified atom stereocenters. The third kappa shape index (κ3) is 5.51. The summed E-state index contributed by atoms with van der Waals surface area (Å²) in [6.45, 7) is 2.01. The quantitative estimate of drug-likeness (QED) is 0.542. The van der Waals surface area contributed by atoms with Crippen LogP contribution >= 0.6 is 0 Å². The summed E-state index contributed by atoms with van der Waals surface area (Å²) >= 11 is 0. The fourth-order valence-electron chi connectivity index (χ4n) is 1.11. The van der Waals surface area contributed by atoms with Gasteiger partial charge in [0, 0.05) is 13.0 Å². The number of nitrogens with one attached hydrogen (secondary N) is 1. The van der Waals surface area contributed by atoms with E-state index in [1.54, 1.807) is 6.92 Å². The first-order valence-corrected chi connectivity index (χ1v) is 4.53. The molecule has 0 aliphatic rings. The van der Waals surface area contributed by atoms with Crippen molar-refractivity contribution in [3.05, 3.63) is 0 Å². The first-order chi connectivity index (χ1) is 6.54. The van der Waals surface area contributed by atoms with Crippen molar-refractivity contribution in [3.63, 3.8) is 0 Å². The van der Waals surface area contributed by atoms with Gasteiger partial charge >= 0.3 is 5.97 Å². The van der Waals surface area contributed by atoms with Crippen LogP contribution in [0.3, 0.4) is 0 Å². The van der Waals surface area contributed by atoms with Gasteiger partial charge in [-0.25, -0.2) is 0 Å². The molecule has 0 heterocycles. The molecule has 0 aliphatic carbocycles. The van der Waals surface area contributed by atoms with E-state index in [0.717, 1.165) is 0 Å². The van der Waals surface area contributed by atoms with Gasteiger partial charge in [0.2, 0.25) is 0 Å². The lowest BCUT2D eigenvalue weighted by Crippen LogP contribution is -2.42. The molecule has 0 spiro atoms. The summed E-state index contributed by atoms with van der Waals surface area (Å²) in [5.74, 6) is -0.854. The molecule has 0 aromatic carbocycles. The largest absolute Gasteiger partial charge is 0.481 e. The Morgan fingerprint density at radius 2 is 2.29 bits per heavy atom. The second kappa shape index (κ2) is 6.35. The molecule has 5 heteroatoms. The molecular formula is C9H16N2O3. The highest BCUT2D eigenvalue weighted by molar-refractivity contribution is 5.66. The molecule has 0 bridgehead atoms. The Kier molecular flexibility index (Phi) is 5.84. The average molecular weight is 200 g/mol. The molecule has 0 amide bonds. The molecule has 80 valence electrons. The molecule has 0 saturated carbocycles. The van der Waals surface area contributed by atoms with Crippen molar-refractivity contribution in [3.8, 4) is 6.07 Å². The van der Waals surface area contributed by atoms with Gasteiger partial charge < -0.3 is 10.2 Å². The number of nitriles is 1. The highest BCUT2D eigenvalue weighted by Crippen LogP contribution is 2.12. The lowest BCUT2D eigenvalue weighted by Gasteiger charge is -2.22. The second-order valence-electron chi connectivity index (χ2n) is 3.34. The fourth-order valence-corrected chi connectivity index (χ4v) is 1.11. The number of aliphatic hydroxyl groups is 1. The monoisotopic (exact) mass is 200 g/mol. The number of hydrogen-bond acceptors (Lipinski definition) is 4. The summed E-state index contributed by atoms with van der Waals surface area (Å²) < 4.78 is 0. The molecule has 1 atom stereocenters. The van der Waals surface area contributed by atoms with Gasteiger partial charge in [0.25, 0.3) is 0 Å². The van der Waals surface area contributed by atoms with Gasteiger partial charge in [0.15, 0.2) is 0 Å². The molecule has 0 fully saturated rings. The van der Waals surface area contributed by atoms with Crippen LogP contribution in [0.15, 0.2) is 0 Å². The Hall–Kier alpha value is -1.12. The van der Waals surface area contributed by atoms with Crippen LogP contribution in [-0.4, -0.2) is 34.9 Å². The number of rotatable bonds is 7. The first kappa shape index (κ1) is 12.9. The van der Waals surface area contributed by atoms with Crippen LogP contribution in [0.2, 0.25) is 0 Å². The summed E-state index contributed by atoms with van der Waals surface area (Å²) in [5.41, 5.74) is -0.738. The van der Waals surface area contributed by atoms with E-state index >= 15 is 0 Å². The topological polar surface area (TPSA) is 93.4 Å². The predicted octanol–water partition coefficient (Wildman–Crippen LogP) is 0.105. The average Bonchev–Trinajstić information content (AvgIpc) is 2.14. The molecular weight excluding hydrogens is 184 g/mol. The minimum atomic E-state index is -0.854. The molecule has 0 radical (unpaired) electrons. The number of aliphatic hydroxyl groups excluding tert-OH is 1. The van der Waals surface area contributed by atoms with Crippen LogP contribution in [0.4, 0.5) is 0 Å². The van der Waals surface area contributed by atoms with E-state index in [9.17, 15) is 4.79 Å². The molecule has 14 heavy (non-hydrogen) atoms. The van der Waals surface area contributed by atoms with Crippen molar-refractivity contribution >= 4 is 5.97 Å². The summed E-state index contributed by atoms with van der Waals surface area (Å²) in [7, 11) is 0. The maximum atomic E-state index is 10.2. The third-order valence-electron chi connectivity index (χ3n) is 1.94. The Morgan fingerprint density at radius 3 is 2.71 bits per heavy atom. The van der Waals surface area contributed by atoms with Crippen molar-refractivity contribution in [1.29, 1.82) is 5.26 Å².